The van der Waals surface area contributed by atoms with Gasteiger partial charge in [-0.1, -0.05) is 6.07 Å². The summed E-state index contributed by atoms with van der Waals surface area (Å²) >= 11 is 0. The number of aryl methyl sites for hydroxylation is 2. The lowest BCUT2D eigenvalue weighted by molar-refractivity contribution is -0.130. The molecule has 0 fully saturated rings. The van der Waals surface area contributed by atoms with Gasteiger partial charge in [0.05, 0.1) is 12.2 Å². The first kappa shape index (κ1) is 18.1. The van der Waals surface area contributed by atoms with E-state index >= 15 is 0 Å². The van der Waals surface area contributed by atoms with Crippen LogP contribution in [0.15, 0.2) is 24.5 Å². The number of pyridine rings is 1. The lowest BCUT2D eigenvalue weighted by Crippen LogP contribution is -2.37. The maximum absolute atomic E-state index is 12.3. The van der Waals surface area contributed by atoms with E-state index in [4.69, 9.17) is 0 Å². The van der Waals surface area contributed by atoms with Gasteiger partial charge in [0, 0.05) is 38.2 Å². The number of likely N-dealkylation sites (N-methyl/N-ethyl adjacent to an activating group) is 2. The standard InChI is InChI=1S/C18H27N5O/c1-14-17(15(2)21-20-14)8-6-10-23(4)18(24)13-22(3)12-16-7-5-9-19-11-16/h5,7,9,11H,6,8,10,12-13H2,1-4H3,(H,20,21). The molecule has 2 rings (SSSR count). The highest BCUT2D eigenvalue weighted by molar-refractivity contribution is 5.77. The summed E-state index contributed by atoms with van der Waals surface area (Å²) in [5.41, 5.74) is 4.56. The predicted octanol–water partition coefficient (Wildman–Crippen LogP) is 1.94. The fraction of sp³-hybridized carbons (Fsp3) is 0.500. The predicted molar refractivity (Wildman–Crippen MR) is 94.6 cm³/mol. The van der Waals surface area contributed by atoms with E-state index in [0.717, 1.165) is 42.9 Å². The normalized spacial score (nSPS) is 11.0. The molecule has 0 atom stereocenters. The minimum atomic E-state index is 0.141. The summed E-state index contributed by atoms with van der Waals surface area (Å²) in [6, 6.07) is 3.93. The second kappa shape index (κ2) is 8.59. The van der Waals surface area contributed by atoms with E-state index < -0.39 is 0 Å². The van der Waals surface area contributed by atoms with Crippen LogP contribution in [0.25, 0.3) is 0 Å². The van der Waals surface area contributed by atoms with Crippen molar-refractivity contribution in [1.82, 2.24) is 25.0 Å². The minimum absolute atomic E-state index is 0.141. The Morgan fingerprint density at radius 1 is 1.29 bits per heavy atom. The van der Waals surface area contributed by atoms with Crippen molar-refractivity contribution >= 4 is 5.91 Å². The first-order valence-corrected chi connectivity index (χ1v) is 8.29. The third-order valence-corrected chi connectivity index (χ3v) is 4.21. The Morgan fingerprint density at radius 3 is 2.71 bits per heavy atom. The van der Waals surface area contributed by atoms with Gasteiger partial charge in [-0.25, -0.2) is 0 Å². The lowest BCUT2D eigenvalue weighted by atomic mass is 10.1. The van der Waals surface area contributed by atoms with Gasteiger partial charge >= 0.3 is 0 Å². The molecule has 2 aromatic rings. The van der Waals surface area contributed by atoms with Crippen molar-refractivity contribution in [2.45, 2.75) is 33.2 Å². The topological polar surface area (TPSA) is 65.1 Å². The highest BCUT2D eigenvalue weighted by Gasteiger charge is 2.13. The van der Waals surface area contributed by atoms with E-state index in [0.29, 0.717) is 6.54 Å². The van der Waals surface area contributed by atoms with Gasteiger partial charge in [-0.15, -0.1) is 0 Å². The summed E-state index contributed by atoms with van der Waals surface area (Å²) in [7, 11) is 3.83. The van der Waals surface area contributed by atoms with Crippen molar-refractivity contribution in [2.75, 3.05) is 27.2 Å². The molecule has 24 heavy (non-hydrogen) atoms. The number of aromatic amines is 1. The van der Waals surface area contributed by atoms with Crippen LogP contribution in [0.3, 0.4) is 0 Å². The number of hydrogen-bond donors (Lipinski definition) is 1. The van der Waals surface area contributed by atoms with Gasteiger partial charge in [-0.05, 0) is 50.9 Å². The highest BCUT2D eigenvalue weighted by Crippen LogP contribution is 2.12. The number of nitrogens with zero attached hydrogens (tertiary/aromatic N) is 4. The van der Waals surface area contributed by atoms with Crippen LogP contribution in [0.5, 0.6) is 0 Å². The average Bonchev–Trinajstić information content (AvgIpc) is 2.87. The largest absolute Gasteiger partial charge is 0.345 e. The maximum Gasteiger partial charge on any atom is 0.236 e. The SMILES string of the molecule is Cc1n[nH]c(C)c1CCCN(C)C(=O)CN(C)Cc1cccnc1. The zero-order valence-electron chi connectivity index (χ0n) is 15.0. The number of carbonyl (C=O) groups is 1. The van der Waals surface area contributed by atoms with Crippen LogP contribution in [-0.4, -0.2) is 58.1 Å². The molecule has 0 radical (unpaired) electrons. The van der Waals surface area contributed by atoms with Gasteiger partial charge in [0.1, 0.15) is 0 Å². The third kappa shape index (κ3) is 5.16. The van der Waals surface area contributed by atoms with Crippen molar-refractivity contribution in [1.29, 1.82) is 0 Å². The molecule has 0 aliphatic carbocycles. The summed E-state index contributed by atoms with van der Waals surface area (Å²) in [6.45, 7) is 5.94. The van der Waals surface area contributed by atoms with E-state index in [-0.39, 0.29) is 5.91 Å². The Morgan fingerprint density at radius 2 is 2.08 bits per heavy atom. The van der Waals surface area contributed by atoms with Crippen molar-refractivity contribution in [3.8, 4) is 0 Å². The molecule has 6 nitrogen and oxygen atoms in total. The molecule has 0 aliphatic rings. The van der Waals surface area contributed by atoms with Gasteiger partial charge in [-0.3, -0.25) is 19.8 Å². The average molecular weight is 329 g/mol. The molecule has 0 aromatic carbocycles. The molecule has 1 N–H and O–H groups in total. The van der Waals surface area contributed by atoms with Crippen molar-refractivity contribution in [3.05, 3.63) is 47.0 Å². The number of nitrogens with one attached hydrogen (secondary N) is 1. The molecule has 0 aliphatic heterocycles. The molecule has 2 heterocycles. The summed E-state index contributed by atoms with van der Waals surface area (Å²) in [5, 5.41) is 7.22. The first-order valence-electron chi connectivity index (χ1n) is 8.29. The fourth-order valence-electron chi connectivity index (χ4n) is 2.77. The van der Waals surface area contributed by atoms with E-state index in [9.17, 15) is 4.79 Å². The molecule has 0 saturated heterocycles. The number of hydrogen-bond acceptors (Lipinski definition) is 4. The zero-order valence-corrected chi connectivity index (χ0v) is 15.0. The second-order valence-corrected chi connectivity index (χ2v) is 6.36. The van der Waals surface area contributed by atoms with Crippen LogP contribution in [0.2, 0.25) is 0 Å². The van der Waals surface area contributed by atoms with Crippen LogP contribution >= 0.6 is 0 Å². The Kier molecular flexibility index (Phi) is 6.49. The van der Waals surface area contributed by atoms with Gasteiger partial charge in [0.2, 0.25) is 5.91 Å². The molecule has 6 heteroatoms. The van der Waals surface area contributed by atoms with Gasteiger partial charge in [0.15, 0.2) is 0 Å². The lowest BCUT2D eigenvalue weighted by Gasteiger charge is -2.22. The second-order valence-electron chi connectivity index (χ2n) is 6.36. The molecule has 130 valence electrons. The van der Waals surface area contributed by atoms with E-state index in [1.165, 1.54) is 5.56 Å². The van der Waals surface area contributed by atoms with Crippen LogP contribution in [-0.2, 0) is 17.8 Å². The van der Waals surface area contributed by atoms with Crippen LogP contribution < -0.4 is 0 Å². The van der Waals surface area contributed by atoms with E-state index in [1.54, 1.807) is 6.20 Å². The summed E-state index contributed by atoms with van der Waals surface area (Å²) < 4.78 is 0. The van der Waals surface area contributed by atoms with E-state index in [2.05, 4.69) is 15.2 Å². The fourth-order valence-corrected chi connectivity index (χ4v) is 2.77. The molecule has 0 spiro atoms. The molecular formula is C18H27N5O. The zero-order chi connectivity index (χ0) is 17.5. The maximum atomic E-state index is 12.3. The molecule has 0 bridgehead atoms. The van der Waals surface area contributed by atoms with Gasteiger partial charge in [-0.2, -0.15) is 5.10 Å². The van der Waals surface area contributed by atoms with Gasteiger partial charge in [0.25, 0.3) is 0 Å². The number of amides is 1. The van der Waals surface area contributed by atoms with Crippen LogP contribution in [0.1, 0.15) is 28.9 Å². The Hall–Kier alpha value is -2.21. The van der Waals surface area contributed by atoms with E-state index in [1.807, 2.05) is 56.1 Å². The van der Waals surface area contributed by atoms with Crippen LogP contribution in [0.4, 0.5) is 0 Å². The number of H-pyrrole nitrogens is 1. The quantitative estimate of drug-likeness (QED) is 0.804. The van der Waals surface area contributed by atoms with Crippen molar-refractivity contribution in [3.63, 3.8) is 0 Å². The van der Waals surface area contributed by atoms with Crippen molar-refractivity contribution in [2.24, 2.45) is 0 Å². The molecule has 0 unspecified atom stereocenters. The number of aromatic nitrogens is 3. The van der Waals surface area contributed by atoms with Gasteiger partial charge < -0.3 is 4.90 Å². The summed E-state index contributed by atoms with van der Waals surface area (Å²) in [4.78, 5) is 20.2. The smallest absolute Gasteiger partial charge is 0.236 e. The summed E-state index contributed by atoms with van der Waals surface area (Å²) in [6.07, 6.45) is 5.47. The molecular weight excluding hydrogens is 302 g/mol. The number of rotatable bonds is 8. The molecule has 2 aromatic heterocycles. The molecule has 1 amide bonds. The molecule has 0 saturated carbocycles. The van der Waals surface area contributed by atoms with Crippen LogP contribution in [0, 0.1) is 13.8 Å². The third-order valence-electron chi connectivity index (χ3n) is 4.21. The Balaban J connectivity index is 1.73. The first-order chi connectivity index (χ1) is 11.5. The number of carbonyl (C=O) groups excluding carboxylic acids is 1. The van der Waals surface area contributed by atoms with Crippen molar-refractivity contribution < 1.29 is 4.79 Å². The monoisotopic (exact) mass is 329 g/mol. The Bertz CT molecular complexity index is 633. The minimum Gasteiger partial charge on any atom is -0.345 e. The Labute approximate surface area is 143 Å². The highest BCUT2D eigenvalue weighted by atomic mass is 16.2. The summed E-state index contributed by atoms with van der Waals surface area (Å²) in [5.74, 6) is 0.141.